The maximum atomic E-state index is 8.73. The topological polar surface area (TPSA) is 55.1 Å². The van der Waals surface area contributed by atoms with Crippen LogP contribution in [0.1, 0.15) is 5.01 Å². The van der Waals surface area contributed by atoms with E-state index in [1.54, 1.807) is 6.07 Å². The molecule has 2 aromatic rings. The zero-order valence-electron chi connectivity index (χ0n) is 7.43. The molecule has 15 heavy (non-hydrogen) atoms. The fourth-order valence-electron chi connectivity index (χ4n) is 1.37. The number of ether oxygens (including phenoxy) is 2. The van der Waals surface area contributed by atoms with Gasteiger partial charge in [-0.25, -0.2) is 4.98 Å². The molecule has 0 unspecified atom stereocenters. The van der Waals surface area contributed by atoms with Crippen molar-refractivity contribution in [3.8, 4) is 17.6 Å². The Labute approximate surface area is 89.0 Å². The summed E-state index contributed by atoms with van der Waals surface area (Å²) in [6.45, 7) is 0. The van der Waals surface area contributed by atoms with E-state index >= 15 is 0 Å². The molecule has 0 N–H and O–H groups in total. The van der Waals surface area contributed by atoms with E-state index in [2.05, 4.69) is 4.98 Å². The number of thiazole rings is 1. The van der Waals surface area contributed by atoms with Gasteiger partial charge in [0.15, 0.2) is 16.5 Å². The normalized spacial score (nSPS) is 12.7. The molecule has 3 rings (SSSR count). The second-order valence-electron chi connectivity index (χ2n) is 2.91. The Hall–Kier alpha value is -2.06. The number of aromatic nitrogens is 1. The van der Waals surface area contributed by atoms with E-state index in [1.807, 2.05) is 12.1 Å². The van der Waals surface area contributed by atoms with Gasteiger partial charge in [0.25, 0.3) is 0 Å². The molecule has 1 aromatic heterocycles. The number of benzene rings is 1. The SMILES string of the molecule is N#Cc1nc2cc3c(cc2s1)OC=CO3. The lowest BCUT2D eigenvalue weighted by atomic mass is 10.3. The van der Waals surface area contributed by atoms with Crippen LogP contribution in [0.15, 0.2) is 24.7 Å². The Morgan fingerprint density at radius 1 is 1.20 bits per heavy atom. The van der Waals surface area contributed by atoms with Gasteiger partial charge in [0.2, 0.25) is 0 Å². The van der Waals surface area contributed by atoms with E-state index in [-0.39, 0.29) is 0 Å². The van der Waals surface area contributed by atoms with Crippen molar-refractivity contribution in [2.24, 2.45) is 0 Å². The molecular weight excluding hydrogens is 212 g/mol. The van der Waals surface area contributed by atoms with Gasteiger partial charge in [-0.15, -0.1) is 11.3 Å². The van der Waals surface area contributed by atoms with Gasteiger partial charge in [-0.3, -0.25) is 0 Å². The summed E-state index contributed by atoms with van der Waals surface area (Å²) in [6.07, 6.45) is 2.94. The molecule has 0 spiro atoms. The highest BCUT2D eigenvalue weighted by atomic mass is 32.1. The van der Waals surface area contributed by atoms with E-state index in [4.69, 9.17) is 14.7 Å². The minimum atomic E-state index is 0.445. The van der Waals surface area contributed by atoms with Crippen LogP contribution >= 0.6 is 11.3 Å². The predicted octanol–water partition coefficient (Wildman–Crippen LogP) is 2.41. The van der Waals surface area contributed by atoms with Gasteiger partial charge >= 0.3 is 0 Å². The first-order valence-corrected chi connectivity index (χ1v) is 5.01. The smallest absolute Gasteiger partial charge is 0.195 e. The zero-order valence-corrected chi connectivity index (χ0v) is 8.25. The van der Waals surface area contributed by atoms with Gasteiger partial charge in [-0.2, -0.15) is 5.26 Å². The molecule has 2 heterocycles. The van der Waals surface area contributed by atoms with Gasteiger partial charge in [-0.1, -0.05) is 0 Å². The first kappa shape index (κ1) is 8.26. The summed E-state index contributed by atoms with van der Waals surface area (Å²) in [4.78, 5) is 4.14. The van der Waals surface area contributed by atoms with Crippen LogP contribution in [-0.4, -0.2) is 4.98 Å². The van der Waals surface area contributed by atoms with Crippen LogP contribution < -0.4 is 9.47 Å². The zero-order chi connectivity index (χ0) is 10.3. The van der Waals surface area contributed by atoms with E-state index in [0.29, 0.717) is 16.5 Å². The summed E-state index contributed by atoms with van der Waals surface area (Å²) in [7, 11) is 0. The molecular formula is C10H4N2O2S. The second-order valence-corrected chi connectivity index (χ2v) is 3.94. The summed E-state index contributed by atoms with van der Waals surface area (Å²) >= 11 is 1.34. The molecule has 0 saturated carbocycles. The van der Waals surface area contributed by atoms with Gasteiger partial charge < -0.3 is 9.47 Å². The van der Waals surface area contributed by atoms with Crippen molar-refractivity contribution in [1.29, 1.82) is 5.26 Å². The van der Waals surface area contributed by atoms with Crippen LogP contribution in [0, 0.1) is 11.3 Å². The first-order valence-electron chi connectivity index (χ1n) is 4.20. The van der Waals surface area contributed by atoms with Crippen molar-refractivity contribution < 1.29 is 9.47 Å². The number of hydrogen-bond acceptors (Lipinski definition) is 5. The summed E-state index contributed by atoms with van der Waals surface area (Å²) in [5.74, 6) is 1.28. The third-order valence-electron chi connectivity index (χ3n) is 2.00. The number of nitrogens with zero attached hydrogens (tertiary/aromatic N) is 2. The monoisotopic (exact) mass is 216 g/mol. The third-order valence-corrected chi connectivity index (χ3v) is 2.92. The van der Waals surface area contributed by atoms with E-state index in [9.17, 15) is 0 Å². The number of fused-ring (bicyclic) bond motifs is 2. The lowest BCUT2D eigenvalue weighted by Crippen LogP contribution is -1.95. The highest BCUT2D eigenvalue weighted by Gasteiger charge is 2.12. The second kappa shape index (κ2) is 2.97. The van der Waals surface area contributed by atoms with Crippen molar-refractivity contribution in [3.63, 3.8) is 0 Å². The molecule has 5 heteroatoms. The van der Waals surface area contributed by atoms with Gasteiger partial charge in [0.1, 0.15) is 18.6 Å². The molecule has 72 valence electrons. The summed E-state index contributed by atoms with van der Waals surface area (Å²) < 4.78 is 11.4. The molecule has 1 aromatic carbocycles. The van der Waals surface area contributed by atoms with Crippen molar-refractivity contribution >= 4 is 21.6 Å². The molecule has 0 aliphatic carbocycles. The standard InChI is InChI=1S/C10H4N2O2S/c11-5-10-12-6-3-7-8(4-9(6)15-10)14-2-1-13-7/h1-4H. The van der Waals surface area contributed by atoms with Crippen molar-refractivity contribution in [2.75, 3.05) is 0 Å². The lowest BCUT2D eigenvalue weighted by molar-refractivity contribution is 0.362. The Bertz CT molecular complexity index is 565. The van der Waals surface area contributed by atoms with E-state index in [1.165, 1.54) is 23.9 Å². The van der Waals surface area contributed by atoms with Crippen LogP contribution in [-0.2, 0) is 0 Å². The maximum Gasteiger partial charge on any atom is 0.195 e. The summed E-state index contributed by atoms with van der Waals surface area (Å²) in [5.41, 5.74) is 0.759. The van der Waals surface area contributed by atoms with Crippen molar-refractivity contribution in [2.45, 2.75) is 0 Å². The van der Waals surface area contributed by atoms with Gasteiger partial charge in [0.05, 0.1) is 10.2 Å². The Morgan fingerprint density at radius 2 is 1.93 bits per heavy atom. The fraction of sp³-hybridized carbons (Fsp3) is 0. The van der Waals surface area contributed by atoms with E-state index < -0.39 is 0 Å². The molecule has 0 saturated heterocycles. The summed E-state index contributed by atoms with van der Waals surface area (Å²) in [5, 5.41) is 9.17. The van der Waals surface area contributed by atoms with Crippen molar-refractivity contribution in [1.82, 2.24) is 4.98 Å². The van der Waals surface area contributed by atoms with Crippen LogP contribution in [0.2, 0.25) is 0 Å². The maximum absolute atomic E-state index is 8.73. The van der Waals surface area contributed by atoms with Crippen molar-refractivity contribution in [3.05, 3.63) is 29.7 Å². The predicted molar refractivity (Wildman–Crippen MR) is 54.7 cm³/mol. The summed E-state index contributed by atoms with van der Waals surface area (Å²) in [6, 6.07) is 5.61. The van der Waals surface area contributed by atoms with Crippen LogP contribution in [0.25, 0.3) is 10.2 Å². The number of hydrogen-bond donors (Lipinski definition) is 0. The fourth-order valence-corrected chi connectivity index (χ4v) is 2.14. The quantitative estimate of drug-likeness (QED) is 0.678. The van der Waals surface area contributed by atoms with Crippen LogP contribution in [0.3, 0.4) is 0 Å². The number of nitriles is 1. The largest absolute Gasteiger partial charge is 0.458 e. The molecule has 0 fully saturated rings. The molecule has 0 bridgehead atoms. The minimum Gasteiger partial charge on any atom is -0.458 e. The average Bonchev–Trinajstić information content (AvgIpc) is 2.67. The van der Waals surface area contributed by atoms with Gasteiger partial charge in [-0.05, 0) is 0 Å². The molecule has 0 radical (unpaired) electrons. The highest BCUT2D eigenvalue weighted by molar-refractivity contribution is 7.19. The van der Waals surface area contributed by atoms with Crippen LogP contribution in [0.5, 0.6) is 11.5 Å². The molecule has 1 aliphatic rings. The molecule has 4 nitrogen and oxygen atoms in total. The molecule has 0 atom stereocenters. The first-order chi connectivity index (χ1) is 7.36. The molecule has 0 amide bonds. The Balaban J connectivity index is 2.26. The average molecular weight is 216 g/mol. The molecule has 1 aliphatic heterocycles. The Morgan fingerprint density at radius 3 is 2.67 bits per heavy atom. The Kier molecular flexibility index (Phi) is 1.64. The lowest BCUT2D eigenvalue weighted by Gasteiger charge is -2.11. The number of rotatable bonds is 0. The minimum absolute atomic E-state index is 0.445. The van der Waals surface area contributed by atoms with E-state index in [0.717, 1.165) is 10.2 Å². The van der Waals surface area contributed by atoms with Gasteiger partial charge in [0, 0.05) is 12.1 Å². The highest BCUT2D eigenvalue weighted by Crippen LogP contribution is 2.36. The van der Waals surface area contributed by atoms with Crippen LogP contribution in [0.4, 0.5) is 0 Å². The third kappa shape index (κ3) is 1.23.